The lowest BCUT2D eigenvalue weighted by Gasteiger charge is -2.12. The fraction of sp³-hybridized carbons (Fsp3) is 0.500. The molecule has 0 aliphatic heterocycles. The topological polar surface area (TPSA) is 64.2 Å². The van der Waals surface area contributed by atoms with Crippen molar-refractivity contribution in [3.05, 3.63) is 28.3 Å². The van der Waals surface area contributed by atoms with E-state index in [0.29, 0.717) is 47.4 Å². The molecule has 0 spiro atoms. The van der Waals surface area contributed by atoms with Gasteiger partial charge in [0.25, 0.3) is 5.56 Å². The molecular weight excluding hydrogens is 268 g/mol. The Morgan fingerprint density at radius 3 is 2.33 bits per heavy atom. The molecule has 0 atom stereocenters. The fourth-order valence-electron chi connectivity index (χ4n) is 2.22. The maximum Gasteiger partial charge on any atom is 0.258 e. The number of nitrogens with one attached hydrogen (secondary N) is 1. The van der Waals surface area contributed by atoms with Crippen LogP contribution < -0.4 is 15.0 Å². The first-order valence-corrected chi connectivity index (χ1v) is 7.37. The molecule has 114 valence electrons. The summed E-state index contributed by atoms with van der Waals surface area (Å²) in [5.74, 6) is 2.34. The second kappa shape index (κ2) is 6.61. The van der Waals surface area contributed by atoms with Gasteiger partial charge in [0.1, 0.15) is 5.82 Å². The van der Waals surface area contributed by atoms with E-state index >= 15 is 0 Å². The van der Waals surface area contributed by atoms with Crippen LogP contribution in [0.3, 0.4) is 0 Å². The van der Waals surface area contributed by atoms with Crippen LogP contribution in [0, 0.1) is 5.92 Å². The average Bonchev–Trinajstić information content (AvgIpc) is 2.40. The molecule has 1 heterocycles. The van der Waals surface area contributed by atoms with Gasteiger partial charge in [0.05, 0.1) is 24.1 Å². The predicted octanol–water partition coefficient (Wildman–Crippen LogP) is 2.92. The molecule has 21 heavy (non-hydrogen) atoms. The molecule has 0 fully saturated rings. The van der Waals surface area contributed by atoms with Crippen LogP contribution in [-0.2, 0) is 6.42 Å². The molecule has 1 aromatic heterocycles. The molecule has 0 radical (unpaired) electrons. The summed E-state index contributed by atoms with van der Waals surface area (Å²) in [5.41, 5.74) is 0.501. The molecule has 0 unspecified atom stereocenters. The first-order valence-electron chi connectivity index (χ1n) is 7.37. The third kappa shape index (κ3) is 3.54. The van der Waals surface area contributed by atoms with Crippen molar-refractivity contribution in [1.82, 2.24) is 9.97 Å². The van der Waals surface area contributed by atoms with Gasteiger partial charge >= 0.3 is 0 Å². The van der Waals surface area contributed by atoms with Gasteiger partial charge in [-0.15, -0.1) is 0 Å². The van der Waals surface area contributed by atoms with Gasteiger partial charge in [0, 0.05) is 12.5 Å². The van der Waals surface area contributed by atoms with Gasteiger partial charge in [0.2, 0.25) is 0 Å². The van der Waals surface area contributed by atoms with E-state index in [1.807, 2.05) is 13.8 Å². The van der Waals surface area contributed by atoms with Gasteiger partial charge in [-0.3, -0.25) is 4.79 Å². The summed E-state index contributed by atoms with van der Waals surface area (Å²) < 4.78 is 11.1. The molecule has 0 aliphatic carbocycles. The molecule has 1 aromatic carbocycles. The highest BCUT2D eigenvalue weighted by Gasteiger charge is 2.12. The standard InChI is InChI=1S/C16H22N2O3/c1-5-20-13-8-11-12(9-14(13)21-6-2)17-15(7-10(3)4)18-16(11)19/h8-10H,5-7H2,1-4H3,(H,17,18,19). The van der Waals surface area contributed by atoms with Crippen LogP contribution in [0.25, 0.3) is 10.9 Å². The van der Waals surface area contributed by atoms with E-state index in [-0.39, 0.29) is 5.56 Å². The Labute approximate surface area is 124 Å². The van der Waals surface area contributed by atoms with Crippen molar-refractivity contribution in [2.75, 3.05) is 13.2 Å². The quantitative estimate of drug-likeness (QED) is 0.888. The predicted molar refractivity (Wildman–Crippen MR) is 83.2 cm³/mol. The Hall–Kier alpha value is -2.04. The number of benzene rings is 1. The Morgan fingerprint density at radius 2 is 1.76 bits per heavy atom. The van der Waals surface area contributed by atoms with Gasteiger partial charge in [-0.05, 0) is 25.8 Å². The summed E-state index contributed by atoms with van der Waals surface area (Å²) in [4.78, 5) is 19.6. The molecule has 5 nitrogen and oxygen atoms in total. The Kier molecular flexibility index (Phi) is 4.83. The van der Waals surface area contributed by atoms with E-state index in [4.69, 9.17) is 9.47 Å². The number of fused-ring (bicyclic) bond motifs is 1. The molecule has 0 saturated heterocycles. The minimum absolute atomic E-state index is 0.139. The number of hydrogen-bond donors (Lipinski definition) is 1. The van der Waals surface area contributed by atoms with Gasteiger partial charge < -0.3 is 14.5 Å². The van der Waals surface area contributed by atoms with Crippen LogP contribution in [-0.4, -0.2) is 23.2 Å². The molecule has 5 heteroatoms. The van der Waals surface area contributed by atoms with Crippen molar-refractivity contribution in [2.45, 2.75) is 34.1 Å². The maximum absolute atomic E-state index is 12.2. The number of H-pyrrole nitrogens is 1. The lowest BCUT2D eigenvalue weighted by Crippen LogP contribution is -2.14. The molecule has 1 N–H and O–H groups in total. The molecule has 0 bridgehead atoms. The molecule has 0 aliphatic rings. The zero-order valence-electron chi connectivity index (χ0n) is 13.0. The van der Waals surface area contributed by atoms with E-state index in [0.717, 1.165) is 6.42 Å². The van der Waals surface area contributed by atoms with E-state index in [1.165, 1.54) is 0 Å². The second-order valence-corrected chi connectivity index (χ2v) is 5.29. The third-order valence-electron chi connectivity index (χ3n) is 3.02. The first kappa shape index (κ1) is 15.4. The first-order chi connectivity index (χ1) is 10.0. The third-order valence-corrected chi connectivity index (χ3v) is 3.02. The van der Waals surface area contributed by atoms with Crippen LogP contribution in [0.1, 0.15) is 33.5 Å². The van der Waals surface area contributed by atoms with Crippen molar-refractivity contribution < 1.29 is 9.47 Å². The van der Waals surface area contributed by atoms with Crippen LogP contribution in [0.4, 0.5) is 0 Å². The molecular formula is C16H22N2O3. The summed E-state index contributed by atoms with van der Waals surface area (Å²) in [6, 6.07) is 3.48. The van der Waals surface area contributed by atoms with Crippen LogP contribution in [0.2, 0.25) is 0 Å². The summed E-state index contributed by atoms with van der Waals surface area (Å²) in [6.07, 6.45) is 0.738. The SMILES string of the molecule is CCOc1cc2nc(CC(C)C)[nH]c(=O)c2cc1OCC. The maximum atomic E-state index is 12.2. The normalized spacial score (nSPS) is 11.1. The Balaban J connectivity index is 2.57. The van der Waals surface area contributed by atoms with Gasteiger partial charge in [0.15, 0.2) is 11.5 Å². The summed E-state index contributed by atoms with van der Waals surface area (Å²) in [5, 5.41) is 0.523. The van der Waals surface area contributed by atoms with E-state index < -0.39 is 0 Å². The van der Waals surface area contributed by atoms with Gasteiger partial charge in [-0.1, -0.05) is 13.8 Å². The van der Waals surface area contributed by atoms with Gasteiger partial charge in [-0.2, -0.15) is 0 Å². The van der Waals surface area contributed by atoms with Gasteiger partial charge in [-0.25, -0.2) is 4.98 Å². The Bertz CT molecular complexity index is 677. The highest BCUT2D eigenvalue weighted by molar-refractivity contribution is 5.81. The monoisotopic (exact) mass is 290 g/mol. The van der Waals surface area contributed by atoms with E-state index in [1.54, 1.807) is 12.1 Å². The largest absolute Gasteiger partial charge is 0.490 e. The molecule has 2 rings (SSSR count). The lowest BCUT2D eigenvalue weighted by molar-refractivity contribution is 0.288. The Morgan fingerprint density at radius 1 is 1.14 bits per heavy atom. The highest BCUT2D eigenvalue weighted by Crippen LogP contribution is 2.30. The molecule has 0 saturated carbocycles. The molecule has 2 aromatic rings. The van der Waals surface area contributed by atoms with E-state index in [2.05, 4.69) is 23.8 Å². The van der Waals surface area contributed by atoms with Crippen LogP contribution in [0.15, 0.2) is 16.9 Å². The van der Waals surface area contributed by atoms with E-state index in [9.17, 15) is 4.79 Å². The smallest absolute Gasteiger partial charge is 0.258 e. The summed E-state index contributed by atoms with van der Waals surface area (Å²) in [6.45, 7) is 9.04. The van der Waals surface area contributed by atoms with Crippen molar-refractivity contribution >= 4 is 10.9 Å². The number of hydrogen-bond acceptors (Lipinski definition) is 4. The highest BCUT2D eigenvalue weighted by atomic mass is 16.5. The number of aromatic amines is 1. The minimum Gasteiger partial charge on any atom is -0.490 e. The second-order valence-electron chi connectivity index (χ2n) is 5.29. The summed E-state index contributed by atoms with van der Waals surface area (Å²) >= 11 is 0. The zero-order chi connectivity index (χ0) is 15.4. The number of rotatable bonds is 6. The van der Waals surface area contributed by atoms with Crippen molar-refractivity contribution in [1.29, 1.82) is 0 Å². The lowest BCUT2D eigenvalue weighted by atomic mass is 10.1. The minimum atomic E-state index is -0.139. The average molecular weight is 290 g/mol. The zero-order valence-corrected chi connectivity index (χ0v) is 13.0. The molecule has 0 amide bonds. The summed E-state index contributed by atoms with van der Waals surface area (Å²) in [7, 11) is 0. The number of ether oxygens (including phenoxy) is 2. The van der Waals surface area contributed by atoms with Crippen molar-refractivity contribution in [3.63, 3.8) is 0 Å². The number of nitrogens with zero attached hydrogens (tertiary/aromatic N) is 1. The number of aromatic nitrogens is 2. The van der Waals surface area contributed by atoms with Crippen molar-refractivity contribution in [2.24, 2.45) is 5.92 Å². The van der Waals surface area contributed by atoms with Crippen LogP contribution >= 0.6 is 0 Å². The van der Waals surface area contributed by atoms with Crippen LogP contribution in [0.5, 0.6) is 11.5 Å². The van der Waals surface area contributed by atoms with Crippen molar-refractivity contribution in [3.8, 4) is 11.5 Å². The fourth-order valence-corrected chi connectivity index (χ4v) is 2.22.